The second-order valence-corrected chi connectivity index (χ2v) is 2.67. The first kappa shape index (κ1) is 11.0. The summed E-state index contributed by atoms with van der Waals surface area (Å²) < 4.78 is 19.8. The van der Waals surface area contributed by atoms with Gasteiger partial charge in [-0.05, 0) is 0 Å². The molecule has 0 atom stereocenters. The molecule has 0 saturated carbocycles. The molecule has 0 heterocycles. The molecule has 0 aliphatic rings. The fourth-order valence-corrected chi connectivity index (χ4v) is 0.924. The SMILES string of the molecule is N#CCCO[P+](=O)OCCC#N. The van der Waals surface area contributed by atoms with Crippen molar-refractivity contribution < 1.29 is 13.6 Å². The van der Waals surface area contributed by atoms with Gasteiger partial charge in [0.1, 0.15) is 13.2 Å². The third-order valence-electron chi connectivity index (χ3n) is 0.821. The van der Waals surface area contributed by atoms with Gasteiger partial charge in [-0.15, -0.1) is 9.05 Å². The second kappa shape index (κ2) is 8.10. The molecule has 12 heavy (non-hydrogen) atoms. The van der Waals surface area contributed by atoms with E-state index in [1.165, 1.54) is 0 Å². The molecule has 0 amide bonds. The molecule has 0 bridgehead atoms. The Morgan fingerprint density at radius 1 is 1.08 bits per heavy atom. The van der Waals surface area contributed by atoms with Crippen LogP contribution in [0.25, 0.3) is 0 Å². The first-order valence-electron chi connectivity index (χ1n) is 3.28. The lowest BCUT2D eigenvalue weighted by molar-refractivity contribution is 0.233. The van der Waals surface area contributed by atoms with Crippen LogP contribution < -0.4 is 0 Å². The lowest BCUT2D eigenvalue weighted by atomic mass is 10.5. The smallest absolute Gasteiger partial charge is 0.198 e. The van der Waals surface area contributed by atoms with Crippen LogP contribution in [0, 0.1) is 22.7 Å². The summed E-state index contributed by atoms with van der Waals surface area (Å²) in [5.41, 5.74) is 0. The summed E-state index contributed by atoms with van der Waals surface area (Å²) in [6, 6.07) is 3.66. The van der Waals surface area contributed by atoms with Gasteiger partial charge in [0.05, 0.1) is 25.0 Å². The normalized spacial score (nSPS) is 8.50. The zero-order chi connectivity index (χ0) is 9.23. The zero-order valence-corrected chi connectivity index (χ0v) is 7.29. The molecule has 0 saturated heterocycles. The molecule has 0 aliphatic carbocycles. The Hall–Kier alpha value is -1.00. The van der Waals surface area contributed by atoms with Crippen LogP contribution in [-0.4, -0.2) is 13.2 Å². The molecule has 6 heteroatoms. The molecule has 0 unspecified atom stereocenters. The number of nitrogens with zero attached hydrogens (tertiary/aromatic N) is 2. The molecular formula is C6H8N2O3P+. The molecule has 0 spiro atoms. The monoisotopic (exact) mass is 187 g/mol. The predicted octanol–water partition coefficient (Wildman–Crippen LogP) is 1.50. The fourth-order valence-electron chi connectivity index (χ4n) is 0.369. The van der Waals surface area contributed by atoms with E-state index < -0.39 is 8.25 Å². The largest absolute Gasteiger partial charge is 0.697 e. The van der Waals surface area contributed by atoms with E-state index in [0.717, 1.165) is 0 Å². The van der Waals surface area contributed by atoms with Crippen LogP contribution in [-0.2, 0) is 13.6 Å². The zero-order valence-electron chi connectivity index (χ0n) is 6.39. The van der Waals surface area contributed by atoms with Gasteiger partial charge in [0.15, 0.2) is 0 Å². The average Bonchev–Trinajstić information content (AvgIpc) is 2.06. The Morgan fingerprint density at radius 2 is 1.50 bits per heavy atom. The van der Waals surface area contributed by atoms with Crippen molar-refractivity contribution >= 4 is 8.25 Å². The highest BCUT2D eigenvalue weighted by molar-refractivity contribution is 7.33. The van der Waals surface area contributed by atoms with Crippen LogP contribution in [0.5, 0.6) is 0 Å². The summed E-state index contributed by atoms with van der Waals surface area (Å²) in [4.78, 5) is 0. The number of hydrogen-bond acceptors (Lipinski definition) is 5. The van der Waals surface area contributed by atoms with Gasteiger partial charge < -0.3 is 0 Å². The summed E-state index contributed by atoms with van der Waals surface area (Å²) in [6.45, 7) is 0.191. The van der Waals surface area contributed by atoms with Gasteiger partial charge in [-0.25, -0.2) is 0 Å². The fraction of sp³-hybridized carbons (Fsp3) is 0.667. The molecule has 0 N–H and O–H groups in total. The van der Waals surface area contributed by atoms with E-state index >= 15 is 0 Å². The molecule has 64 valence electrons. The minimum Gasteiger partial charge on any atom is -0.198 e. The Kier molecular flexibility index (Phi) is 7.42. The van der Waals surface area contributed by atoms with Gasteiger partial charge in [0, 0.05) is 4.57 Å². The van der Waals surface area contributed by atoms with Crippen LogP contribution >= 0.6 is 8.25 Å². The highest BCUT2D eigenvalue weighted by Gasteiger charge is 2.18. The lowest BCUT2D eigenvalue weighted by Crippen LogP contribution is -1.89. The van der Waals surface area contributed by atoms with Gasteiger partial charge in [-0.1, -0.05) is 0 Å². The molecule has 0 radical (unpaired) electrons. The van der Waals surface area contributed by atoms with Crippen molar-refractivity contribution in [3.63, 3.8) is 0 Å². The van der Waals surface area contributed by atoms with Crippen molar-refractivity contribution in [1.29, 1.82) is 10.5 Å². The van der Waals surface area contributed by atoms with Crippen molar-refractivity contribution in [2.45, 2.75) is 12.8 Å². The van der Waals surface area contributed by atoms with Gasteiger partial charge in [-0.2, -0.15) is 10.5 Å². The van der Waals surface area contributed by atoms with Crippen molar-refractivity contribution in [3.8, 4) is 12.1 Å². The van der Waals surface area contributed by atoms with E-state index in [9.17, 15) is 4.57 Å². The molecule has 0 aromatic rings. The van der Waals surface area contributed by atoms with Crippen molar-refractivity contribution in [2.24, 2.45) is 0 Å². The standard InChI is InChI=1S/C6H8N2O3P/c7-3-1-5-10-12(9)11-6-2-4-8/h1-2,5-6H2/q+1. The summed E-state index contributed by atoms with van der Waals surface area (Å²) in [5.74, 6) is 0. The maximum Gasteiger partial charge on any atom is 0.697 e. The summed E-state index contributed by atoms with van der Waals surface area (Å²) >= 11 is 0. The summed E-state index contributed by atoms with van der Waals surface area (Å²) in [5, 5.41) is 16.2. The van der Waals surface area contributed by atoms with Crippen LogP contribution in [0.4, 0.5) is 0 Å². The van der Waals surface area contributed by atoms with E-state index in [-0.39, 0.29) is 26.1 Å². The first-order chi connectivity index (χ1) is 5.81. The minimum atomic E-state index is -2.16. The molecule has 0 rings (SSSR count). The molecule has 0 fully saturated rings. The number of hydrogen-bond donors (Lipinski definition) is 0. The van der Waals surface area contributed by atoms with E-state index in [1.807, 2.05) is 12.1 Å². The quantitative estimate of drug-likeness (QED) is 0.464. The van der Waals surface area contributed by atoms with Crippen LogP contribution in [0.3, 0.4) is 0 Å². The number of nitriles is 2. The van der Waals surface area contributed by atoms with Crippen LogP contribution in [0.15, 0.2) is 0 Å². The summed E-state index contributed by atoms with van der Waals surface area (Å²) in [6.07, 6.45) is 0.366. The van der Waals surface area contributed by atoms with Crippen molar-refractivity contribution in [2.75, 3.05) is 13.2 Å². The van der Waals surface area contributed by atoms with Crippen molar-refractivity contribution in [1.82, 2.24) is 0 Å². The molecule has 0 aromatic carbocycles. The minimum absolute atomic E-state index is 0.0955. The van der Waals surface area contributed by atoms with Gasteiger partial charge in [0.25, 0.3) is 0 Å². The highest BCUT2D eigenvalue weighted by atomic mass is 31.1. The predicted molar refractivity (Wildman–Crippen MR) is 40.0 cm³/mol. The van der Waals surface area contributed by atoms with E-state index in [4.69, 9.17) is 10.5 Å². The Morgan fingerprint density at radius 3 is 1.83 bits per heavy atom. The third kappa shape index (κ3) is 7.11. The Bertz CT molecular complexity index is 196. The second-order valence-electron chi connectivity index (χ2n) is 1.71. The van der Waals surface area contributed by atoms with E-state index in [1.54, 1.807) is 0 Å². The molecular weight excluding hydrogens is 179 g/mol. The maximum absolute atomic E-state index is 10.7. The Balaban J connectivity index is 3.24. The van der Waals surface area contributed by atoms with E-state index in [2.05, 4.69) is 9.05 Å². The topological polar surface area (TPSA) is 83.1 Å². The van der Waals surface area contributed by atoms with Gasteiger partial charge in [0.2, 0.25) is 0 Å². The van der Waals surface area contributed by atoms with E-state index in [0.29, 0.717) is 0 Å². The third-order valence-corrected chi connectivity index (χ3v) is 1.61. The van der Waals surface area contributed by atoms with Crippen LogP contribution in [0.1, 0.15) is 12.8 Å². The van der Waals surface area contributed by atoms with Gasteiger partial charge >= 0.3 is 8.25 Å². The molecule has 5 nitrogen and oxygen atoms in total. The molecule has 0 aliphatic heterocycles. The summed E-state index contributed by atoms with van der Waals surface area (Å²) in [7, 11) is -2.16. The first-order valence-corrected chi connectivity index (χ1v) is 4.37. The Labute approximate surface area is 71.5 Å². The molecule has 0 aromatic heterocycles. The number of rotatable bonds is 6. The van der Waals surface area contributed by atoms with Crippen molar-refractivity contribution in [3.05, 3.63) is 0 Å². The highest BCUT2D eigenvalue weighted by Crippen LogP contribution is 2.23. The maximum atomic E-state index is 10.7. The lowest BCUT2D eigenvalue weighted by Gasteiger charge is -1.84. The van der Waals surface area contributed by atoms with Gasteiger partial charge in [-0.3, -0.25) is 0 Å². The average molecular weight is 187 g/mol. The van der Waals surface area contributed by atoms with Crippen LogP contribution in [0.2, 0.25) is 0 Å².